The third-order valence-electron chi connectivity index (χ3n) is 0.927. The average Bonchev–Trinajstić information content (AvgIpc) is 1.88. The molecule has 0 aromatic rings. The Balaban J connectivity index is 3.84. The average molecular weight is 122 g/mol. The SMILES string of the molecule is C=CCC(=BO)/C=C\C. The molecule has 0 aliphatic carbocycles. The number of hydrogen-bond acceptors (Lipinski definition) is 1. The van der Waals surface area contributed by atoms with Crippen LogP contribution < -0.4 is 0 Å². The molecular weight excluding hydrogens is 111 g/mol. The second kappa shape index (κ2) is 5.35. The van der Waals surface area contributed by atoms with Crippen molar-refractivity contribution in [3.8, 4) is 0 Å². The van der Waals surface area contributed by atoms with E-state index in [0.29, 0.717) is 0 Å². The molecule has 48 valence electrons. The molecule has 0 amide bonds. The van der Waals surface area contributed by atoms with Crippen LogP contribution in [0.3, 0.4) is 0 Å². The van der Waals surface area contributed by atoms with Gasteiger partial charge in [0, 0.05) is 0 Å². The van der Waals surface area contributed by atoms with Crippen molar-refractivity contribution in [2.75, 3.05) is 0 Å². The Morgan fingerprint density at radius 2 is 2.44 bits per heavy atom. The van der Waals surface area contributed by atoms with E-state index in [0.717, 1.165) is 19.0 Å². The predicted molar refractivity (Wildman–Crippen MR) is 42.6 cm³/mol. The molecule has 0 atom stereocenters. The zero-order valence-corrected chi connectivity index (χ0v) is 5.67. The molecule has 0 heterocycles. The molecule has 1 nitrogen and oxygen atoms in total. The van der Waals surface area contributed by atoms with Crippen molar-refractivity contribution in [3.63, 3.8) is 0 Å². The first-order valence-electron chi connectivity index (χ1n) is 2.92. The van der Waals surface area contributed by atoms with Gasteiger partial charge in [-0.2, -0.15) is 0 Å². The molecule has 2 heteroatoms. The van der Waals surface area contributed by atoms with E-state index < -0.39 is 0 Å². The van der Waals surface area contributed by atoms with Crippen molar-refractivity contribution in [2.24, 2.45) is 0 Å². The molecular formula is C7H11BO. The van der Waals surface area contributed by atoms with Crippen molar-refractivity contribution in [3.05, 3.63) is 24.8 Å². The summed E-state index contributed by atoms with van der Waals surface area (Å²) in [7, 11) is 1.10. The maximum absolute atomic E-state index is 8.53. The van der Waals surface area contributed by atoms with Gasteiger partial charge in [-0.15, -0.1) is 0 Å². The number of rotatable bonds is 3. The molecule has 0 saturated carbocycles. The van der Waals surface area contributed by atoms with Gasteiger partial charge in [-0.05, 0) is 0 Å². The Kier molecular flexibility index (Phi) is 4.89. The van der Waals surface area contributed by atoms with Gasteiger partial charge in [-0.25, -0.2) is 0 Å². The van der Waals surface area contributed by atoms with Crippen LogP contribution in [0.4, 0.5) is 0 Å². The van der Waals surface area contributed by atoms with Crippen molar-refractivity contribution < 1.29 is 5.02 Å². The zero-order valence-electron chi connectivity index (χ0n) is 5.67. The van der Waals surface area contributed by atoms with Gasteiger partial charge in [0.05, 0.1) is 0 Å². The Morgan fingerprint density at radius 1 is 1.78 bits per heavy atom. The van der Waals surface area contributed by atoms with Crippen LogP contribution in [0.1, 0.15) is 13.3 Å². The second-order valence-electron chi connectivity index (χ2n) is 1.70. The summed E-state index contributed by atoms with van der Waals surface area (Å²) in [4.78, 5) is 0. The Labute approximate surface area is 56.7 Å². The first kappa shape index (κ1) is 8.21. The van der Waals surface area contributed by atoms with E-state index in [1.54, 1.807) is 6.08 Å². The fraction of sp³-hybridized carbons (Fsp3) is 0.286. The summed E-state index contributed by atoms with van der Waals surface area (Å²) < 4.78 is 0. The molecule has 0 aliphatic heterocycles. The van der Waals surface area contributed by atoms with Crippen LogP contribution >= 0.6 is 0 Å². The Morgan fingerprint density at radius 3 is 2.78 bits per heavy atom. The van der Waals surface area contributed by atoms with Gasteiger partial charge >= 0.3 is 55.8 Å². The van der Waals surface area contributed by atoms with Crippen LogP contribution in [0.25, 0.3) is 0 Å². The van der Waals surface area contributed by atoms with Crippen LogP contribution in [-0.2, 0) is 0 Å². The Bertz CT molecular complexity index is 136. The van der Waals surface area contributed by atoms with E-state index in [4.69, 9.17) is 5.02 Å². The predicted octanol–water partition coefficient (Wildman–Crippen LogP) is 0.922. The fourth-order valence-electron chi connectivity index (χ4n) is 0.545. The monoisotopic (exact) mass is 122 g/mol. The van der Waals surface area contributed by atoms with Crippen molar-refractivity contribution in [1.82, 2.24) is 0 Å². The topological polar surface area (TPSA) is 20.2 Å². The van der Waals surface area contributed by atoms with Gasteiger partial charge in [0.25, 0.3) is 0 Å². The van der Waals surface area contributed by atoms with E-state index >= 15 is 0 Å². The molecule has 0 fully saturated rings. The van der Waals surface area contributed by atoms with Gasteiger partial charge in [-0.1, -0.05) is 0 Å². The minimum atomic E-state index is 0.723. The third kappa shape index (κ3) is 3.77. The minimum absolute atomic E-state index is 0.723. The van der Waals surface area contributed by atoms with Crippen molar-refractivity contribution in [1.29, 1.82) is 0 Å². The van der Waals surface area contributed by atoms with Crippen LogP contribution in [0.15, 0.2) is 24.8 Å². The van der Waals surface area contributed by atoms with E-state index in [1.165, 1.54) is 0 Å². The van der Waals surface area contributed by atoms with Gasteiger partial charge in [0.2, 0.25) is 0 Å². The summed E-state index contributed by atoms with van der Waals surface area (Å²) in [6, 6.07) is 0. The summed E-state index contributed by atoms with van der Waals surface area (Å²) in [6.07, 6.45) is 6.20. The first-order chi connectivity index (χ1) is 4.35. The summed E-state index contributed by atoms with van der Waals surface area (Å²) in [6.45, 7) is 5.45. The molecule has 0 aromatic carbocycles. The van der Waals surface area contributed by atoms with E-state index in [1.807, 2.05) is 19.1 Å². The van der Waals surface area contributed by atoms with Crippen molar-refractivity contribution in [2.45, 2.75) is 13.3 Å². The van der Waals surface area contributed by atoms with E-state index in [2.05, 4.69) is 6.58 Å². The van der Waals surface area contributed by atoms with Crippen LogP contribution in [0.2, 0.25) is 0 Å². The summed E-state index contributed by atoms with van der Waals surface area (Å²) in [5.41, 5.74) is 0.882. The fourth-order valence-corrected chi connectivity index (χ4v) is 0.545. The van der Waals surface area contributed by atoms with Gasteiger partial charge < -0.3 is 0 Å². The van der Waals surface area contributed by atoms with E-state index in [-0.39, 0.29) is 0 Å². The van der Waals surface area contributed by atoms with E-state index in [9.17, 15) is 0 Å². The molecule has 0 saturated heterocycles. The molecule has 0 bridgehead atoms. The molecule has 0 unspecified atom stereocenters. The number of allylic oxidation sites excluding steroid dienone is 3. The zero-order chi connectivity index (χ0) is 7.11. The summed E-state index contributed by atoms with van der Waals surface area (Å²) >= 11 is 0. The molecule has 0 spiro atoms. The van der Waals surface area contributed by atoms with Crippen molar-refractivity contribution >= 4 is 12.6 Å². The third-order valence-corrected chi connectivity index (χ3v) is 0.927. The Hall–Kier alpha value is -0.785. The van der Waals surface area contributed by atoms with Crippen LogP contribution in [0.5, 0.6) is 0 Å². The normalized spacial score (nSPS) is 11.4. The first-order valence-corrected chi connectivity index (χ1v) is 2.92. The molecule has 0 aliphatic rings. The van der Waals surface area contributed by atoms with Crippen LogP contribution in [0, 0.1) is 0 Å². The molecule has 1 N–H and O–H groups in total. The molecule has 9 heavy (non-hydrogen) atoms. The molecule has 0 rings (SSSR count). The maximum atomic E-state index is 8.53. The number of hydrogen-bond donors (Lipinski definition) is 1. The van der Waals surface area contributed by atoms with Gasteiger partial charge in [0.1, 0.15) is 0 Å². The summed E-state index contributed by atoms with van der Waals surface area (Å²) in [5, 5.41) is 8.53. The summed E-state index contributed by atoms with van der Waals surface area (Å²) in [5.74, 6) is 0. The standard InChI is InChI=1S/C7H11BO/c1-3-5-7(8-9)6-4-2/h3-4,6,9H,1,5H2,2H3/b6-4-. The second-order valence-corrected chi connectivity index (χ2v) is 1.70. The van der Waals surface area contributed by atoms with Gasteiger partial charge in [-0.3, -0.25) is 0 Å². The molecule has 0 radical (unpaired) electrons. The van der Waals surface area contributed by atoms with Crippen LogP contribution in [-0.4, -0.2) is 17.6 Å². The van der Waals surface area contributed by atoms with Gasteiger partial charge in [0.15, 0.2) is 0 Å². The quantitative estimate of drug-likeness (QED) is 0.436. The molecule has 0 aromatic heterocycles.